The first-order chi connectivity index (χ1) is 6.26. The van der Waals surface area contributed by atoms with Crippen LogP contribution in [-0.4, -0.2) is 0 Å². The van der Waals surface area contributed by atoms with Crippen molar-refractivity contribution in [2.24, 2.45) is 0 Å². The second-order valence-corrected chi connectivity index (χ2v) is 3.50. The van der Waals surface area contributed by atoms with E-state index < -0.39 is 0 Å². The molecule has 0 spiro atoms. The van der Waals surface area contributed by atoms with Gasteiger partial charge in [0.15, 0.2) is 0 Å². The average molecular weight is 177 g/mol. The Morgan fingerprint density at radius 3 is 2.69 bits per heavy atom. The number of hydrogen-bond donors (Lipinski definition) is 1. The van der Waals surface area contributed by atoms with Gasteiger partial charge in [-0.1, -0.05) is 24.6 Å². The lowest BCUT2D eigenvalue weighted by Crippen LogP contribution is -2.13. The lowest BCUT2D eigenvalue weighted by atomic mass is 10.0. The van der Waals surface area contributed by atoms with Gasteiger partial charge in [-0.15, -0.1) is 0 Å². The van der Waals surface area contributed by atoms with Gasteiger partial charge in [-0.3, -0.25) is 0 Å². The summed E-state index contributed by atoms with van der Waals surface area (Å²) in [5.41, 5.74) is 4.14. The molecule has 1 aliphatic carbocycles. The van der Waals surface area contributed by atoms with Crippen LogP contribution < -0.4 is 5.32 Å². The molecule has 1 aliphatic rings. The van der Waals surface area contributed by atoms with E-state index in [0.29, 0.717) is 0 Å². The SMILES string of the molecule is C/C=C(\CC)NC1=CC=C(C)CC1. The molecule has 0 fully saturated rings. The summed E-state index contributed by atoms with van der Waals surface area (Å²) in [6.45, 7) is 6.44. The summed E-state index contributed by atoms with van der Waals surface area (Å²) in [6, 6.07) is 0. The van der Waals surface area contributed by atoms with Crippen molar-refractivity contribution in [2.45, 2.75) is 40.0 Å². The molecule has 72 valence electrons. The Hall–Kier alpha value is -0.980. The zero-order chi connectivity index (χ0) is 9.68. The number of allylic oxidation sites excluding steroid dienone is 6. The number of rotatable bonds is 3. The highest BCUT2D eigenvalue weighted by Gasteiger charge is 2.03. The minimum absolute atomic E-state index is 1.08. The second-order valence-electron chi connectivity index (χ2n) is 3.50. The lowest BCUT2D eigenvalue weighted by Gasteiger charge is -2.15. The fraction of sp³-hybridized carbons (Fsp3) is 0.500. The Morgan fingerprint density at radius 1 is 1.46 bits per heavy atom. The molecular formula is C12H19N. The van der Waals surface area contributed by atoms with E-state index >= 15 is 0 Å². The minimum Gasteiger partial charge on any atom is -0.363 e. The molecule has 0 unspecified atom stereocenters. The summed E-state index contributed by atoms with van der Waals surface area (Å²) in [4.78, 5) is 0. The summed E-state index contributed by atoms with van der Waals surface area (Å²) >= 11 is 0. The van der Waals surface area contributed by atoms with Crippen LogP contribution in [0.3, 0.4) is 0 Å². The molecule has 0 atom stereocenters. The van der Waals surface area contributed by atoms with E-state index in [0.717, 1.165) is 12.8 Å². The Labute approximate surface area is 81.2 Å². The third-order valence-corrected chi connectivity index (χ3v) is 2.41. The molecule has 0 bridgehead atoms. The molecule has 0 aliphatic heterocycles. The van der Waals surface area contributed by atoms with Gasteiger partial charge >= 0.3 is 0 Å². The topological polar surface area (TPSA) is 12.0 Å². The van der Waals surface area contributed by atoms with Crippen LogP contribution in [0.4, 0.5) is 0 Å². The molecule has 1 heteroatoms. The molecule has 0 amide bonds. The van der Waals surface area contributed by atoms with Gasteiger partial charge in [0.05, 0.1) is 0 Å². The minimum atomic E-state index is 1.08. The highest BCUT2D eigenvalue weighted by atomic mass is 14.9. The van der Waals surface area contributed by atoms with Crippen LogP contribution in [0.15, 0.2) is 35.2 Å². The van der Waals surface area contributed by atoms with Gasteiger partial charge in [-0.25, -0.2) is 0 Å². The largest absolute Gasteiger partial charge is 0.363 e. The summed E-state index contributed by atoms with van der Waals surface area (Å²) in [5.74, 6) is 0. The highest BCUT2D eigenvalue weighted by molar-refractivity contribution is 5.24. The van der Waals surface area contributed by atoms with Crippen LogP contribution in [-0.2, 0) is 0 Å². The fourth-order valence-corrected chi connectivity index (χ4v) is 1.42. The van der Waals surface area contributed by atoms with Gasteiger partial charge in [-0.05, 0) is 39.2 Å². The normalized spacial score (nSPS) is 17.9. The molecule has 0 aromatic rings. The third kappa shape index (κ3) is 3.10. The van der Waals surface area contributed by atoms with Crippen LogP contribution in [0.5, 0.6) is 0 Å². The van der Waals surface area contributed by atoms with Crippen molar-refractivity contribution in [1.82, 2.24) is 5.32 Å². The molecular weight excluding hydrogens is 158 g/mol. The summed E-state index contributed by atoms with van der Waals surface area (Å²) < 4.78 is 0. The van der Waals surface area contributed by atoms with Crippen molar-refractivity contribution >= 4 is 0 Å². The van der Waals surface area contributed by atoms with E-state index in [1.54, 1.807) is 0 Å². The van der Waals surface area contributed by atoms with Crippen molar-refractivity contribution in [3.8, 4) is 0 Å². The van der Waals surface area contributed by atoms with Gasteiger partial charge in [0.1, 0.15) is 0 Å². The quantitative estimate of drug-likeness (QED) is 0.695. The van der Waals surface area contributed by atoms with E-state index in [1.165, 1.54) is 23.4 Å². The Balaban J connectivity index is 2.55. The van der Waals surface area contributed by atoms with Crippen LogP contribution in [0.2, 0.25) is 0 Å². The summed E-state index contributed by atoms with van der Waals surface area (Å²) in [6.07, 6.45) is 9.97. The Kier molecular flexibility index (Phi) is 3.81. The summed E-state index contributed by atoms with van der Waals surface area (Å²) in [7, 11) is 0. The molecule has 1 rings (SSSR count). The predicted molar refractivity (Wildman–Crippen MR) is 58.3 cm³/mol. The Bertz CT molecular complexity index is 256. The Morgan fingerprint density at radius 2 is 2.23 bits per heavy atom. The van der Waals surface area contributed by atoms with Gasteiger partial charge in [0, 0.05) is 11.4 Å². The lowest BCUT2D eigenvalue weighted by molar-refractivity contribution is 0.787. The van der Waals surface area contributed by atoms with Gasteiger partial charge < -0.3 is 5.32 Å². The predicted octanol–water partition coefficient (Wildman–Crippen LogP) is 3.51. The van der Waals surface area contributed by atoms with Gasteiger partial charge in [0.25, 0.3) is 0 Å². The third-order valence-electron chi connectivity index (χ3n) is 2.41. The molecule has 0 heterocycles. The maximum absolute atomic E-state index is 3.45. The molecule has 0 aromatic carbocycles. The fourth-order valence-electron chi connectivity index (χ4n) is 1.42. The summed E-state index contributed by atoms with van der Waals surface area (Å²) in [5, 5.41) is 3.45. The van der Waals surface area contributed by atoms with Crippen molar-refractivity contribution in [3.05, 3.63) is 35.2 Å². The van der Waals surface area contributed by atoms with Gasteiger partial charge in [-0.2, -0.15) is 0 Å². The first-order valence-corrected chi connectivity index (χ1v) is 5.04. The van der Waals surface area contributed by atoms with E-state index in [-0.39, 0.29) is 0 Å². The van der Waals surface area contributed by atoms with E-state index in [4.69, 9.17) is 0 Å². The number of hydrogen-bond acceptors (Lipinski definition) is 1. The van der Waals surface area contributed by atoms with E-state index in [1.807, 2.05) is 0 Å². The van der Waals surface area contributed by atoms with Crippen molar-refractivity contribution in [2.75, 3.05) is 0 Å². The maximum Gasteiger partial charge on any atom is 0.0151 e. The van der Waals surface area contributed by atoms with Crippen molar-refractivity contribution < 1.29 is 0 Å². The first kappa shape index (κ1) is 10.1. The number of nitrogens with one attached hydrogen (secondary N) is 1. The molecule has 1 N–H and O–H groups in total. The monoisotopic (exact) mass is 177 g/mol. The second kappa shape index (κ2) is 4.90. The average Bonchev–Trinajstić information content (AvgIpc) is 2.17. The molecule has 0 saturated heterocycles. The van der Waals surface area contributed by atoms with Crippen LogP contribution in [0.25, 0.3) is 0 Å². The van der Waals surface area contributed by atoms with Crippen LogP contribution in [0, 0.1) is 0 Å². The van der Waals surface area contributed by atoms with E-state index in [2.05, 4.69) is 44.3 Å². The van der Waals surface area contributed by atoms with Crippen LogP contribution in [0.1, 0.15) is 40.0 Å². The van der Waals surface area contributed by atoms with Crippen molar-refractivity contribution in [3.63, 3.8) is 0 Å². The molecule has 0 saturated carbocycles. The zero-order valence-corrected chi connectivity index (χ0v) is 8.85. The standard InChI is InChI=1S/C12H19N/c1-4-11(5-2)13-12-8-6-10(3)7-9-12/h4,6,8,13H,5,7,9H2,1-3H3/b11-4+. The molecule has 0 radical (unpaired) electrons. The van der Waals surface area contributed by atoms with Gasteiger partial charge in [0.2, 0.25) is 0 Å². The van der Waals surface area contributed by atoms with Crippen molar-refractivity contribution in [1.29, 1.82) is 0 Å². The maximum atomic E-state index is 3.45. The molecule has 13 heavy (non-hydrogen) atoms. The van der Waals surface area contributed by atoms with E-state index in [9.17, 15) is 0 Å². The zero-order valence-electron chi connectivity index (χ0n) is 8.85. The highest BCUT2D eigenvalue weighted by Crippen LogP contribution is 2.16. The first-order valence-electron chi connectivity index (χ1n) is 5.04. The molecule has 1 nitrogen and oxygen atoms in total. The smallest absolute Gasteiger partial charge is 0.0151 e. The molecule has 0 aromatic heterocycles. The van der Waals surface area contributed by atoms with Crippen LogP contribution >= 0.6 is 0 Å².